The Morgan fingerprint density at radius 1 is 1.33 bits per heavy atom. The number of benzene rings is 1. The minimum absolute atomic E-state index is 0.0534. The molecule has 0 unspecified atom stereocenters. The van der Waals surface area contributed by atoms with Gasteiger partial charge in [0.25, 0.3) is 0 Å². The number of likely N-dealkylation sites (tertiary alicyclic amines) is 1. The van der Waals surface area contributed by atoms with Crippen molar-refractivity contribution in [3.63, 3.8) is 0 Å². The Labute approximate surface area is 126 Å². The maximum absolute atomic E-state index is 11.8. The Kier molecular flexibility index (Phi) is 6.28. The molecule has 114 valence electrons. The summed E-state index contributed by atoms with van der Waals surface area (Å²) in [5.41, 5.74) is 0.909. The van der Waals surface area contributed by atoms with Gasteiger partial charge in [0.15, 0.2) is 0 Å². The van der Waals surface area contributed by atoms with Gasteiger partial charge in [-0.05, 0) is 51.0 Å². The summed E-state index contributed by atoms with van der Waals surface area (Å²) in [5.74, 6) is 0.720. The van der Waals surface area contributed by atoms with Gasteiger partial charge in [-0.25, -0.2) is 0 Å². The van der Waals surface area contributed by atoms with Crippen LogP contribution < -0.4 is 10.1 Å². The molecule has 0 saturated carbocycles. The molecule has 0 bridgehead atoms. The van der Waals surface area contributed by atoms with E-state index in [0.29, 0.717) is 0 Å². The second kappa shape index (κ2) is 8.47. The Morgan fingerprint density at radius 3 is 2.86 bits per heavy atom. The number of rotatable bonds is 7. The Morgan fingerprint density at radius 2 is 2.10 bits per heavy atom. The fourth-order valence-electron chi connectivity index (χ4n) is 2.55. The van der Waals surface area contributed by atoms with Crippen molar-refractivity contribution >= 4 is 12.0 Å². The van der Waals surface area contributed by atoms with Crippen LogP contribution in [0.3, 0.4) is 0 Å². The summed E-state index contributed by atoms with van der Waals surface area (Å²) in [6.45, 7) is 4.23. The smallest absolute Gasteiger partial charge is 0.244 e. The SMILES string of the molecule is COc1ccccc1/C=C/C(=O)NCCCN1CCCC1. The maximum Gasteiger partial charge on any atom is 0.244 e. The summed E-state index contributed by atoms with van der Waals surface area (Å²) in [7, 11) is 1.63. The lowest BCUT2D eigenvalue weighted by Gasteiger charge is -2.13. The van der Waals surface area contributed by atoms with Crippen LogP contribution in [0, 0.1) is 0 Å². The third-order valence-electron chi connectivity index (χ3n) is 3.70. The molecule has 0 atom stereocenters. The van der Waals surface area contributed by atoms with Crippen molar-refractivity contribution in [1.82, 2.24) is 10.2 Å². The molecule has 0 spiro atoms. The minimum Gasteiger partial charge on any atom is -0.496 e. The lowest BCUT2D eigenvalue weighted by Crippen LogP contribution is -2.27. The molecule has 1 aromatic rings. The predicted octanol–water partition coefficient (Wildman–Crippen LogP) is 2.31. The van der Waals surface area contributed by atoms with Gasteiger partial charge in [0.1, 0.15) is 5.75 Å². The third kappa shape index (κ3) is 5.23. The quantitative estimate of drug-likeness (QED) is 0.618. The zero-order valence-electron chi connectivity index (χ0n) is 12.7. The first-order valence-corrected chi connectivity index (χ1v) is 7.61. The summed E-state index contributed by atoms with van der Waals surface area (Å²) >= 11 is 0. The van der Waals surface area contributed by atoms with E-state index >= 15 is 0 Å². The number of para-hydroxylation sites is 1. The maximum atomic E-state index is 11.8. The molecular formula is C17H24N2O2. The van der Waals surface area contributed by atoms with Gasteiger partial charge in [0.2, 0.25) is 5.91 Å². The van der Waals surface area contributed by atoms with Gasteiger partial charge >= 0.3 is 0 Å². The molecule has 0 radical (unpaired) electrons. The predicted molar refractivity (Wildman–Crippen MR) is 85.3 cm³/mol. The molecule has 1 N–H and O–H groups in total. The highest BCUT2D eigenvalue weighted by Crippen LogP contribution is 2.18. The number of nitrogens with one attached hydrogen (secondary N) is 1. The van der Waals surface area contributed by atoms with E-state index in [-0.39, 0.29) is 5.91 Å². The normalized spacial score (nSPS) is 15.5. The van der Waals surface area contributed by atoms with Crippen LogP contribution >= 0.6 is 0 Å². The molecule has 1 amide bonds. The van der Waals surface area contributed by atoms with Crippen LogP contribution in [0.25, 0.3) is 6.08 Å². The van der Waals surface area contributed by atoms with E-state index in [0.717, 1.165) is 30.8 Å². The Bertz CT molecular complexity index is 479. The second-order valence-corrected chi connectivity index (χ2v) is 5.27. The summed E-state index contributed by atoms with van der Waals surface area (Å²) in [4.78, 5) is 14.2. The molecule has 1 heterocycles. The van der Waals surface area contributed by atoms with Crippen molar-refractivity contribution in [2.45, 2.75) is 19.3 Å². The van der Waals surface area contributed by atoms with Gasteiger partial charge in [-0.3, -0.25) is 4.79 Å². The van der Waals surface area contributed by atoms with E-state index in [9.17, 15) is 4.79 Å². The number of ether oxygens (including phenoxy) is 1. The monoisotopic (exact) mass is 288 g/mol. The first-order chi connectivity index (χ1) is 10.3. The molecule has 1 aromatic carbocycles. The number of hydrogen-bond acceptors (Lipinski definition) is 3. The first-order valence-electron chi connectivity index (χ1n) is 7.61. The molecule has 4 nitrogen and oxygen atoms in total. The van der Waals surface area contributed by atoms with E-state index < -0.39 is 0 Å². The van der Waals surface area contributed by atoms with Crippen molar-refractivity contribution in [2.75, 3.05) is 33.3 Å². The van der Waals surface area contributed by atoms with Crippen LogP contribution in [0.1, 0.15) is 24.8 Å². The van der Waals surface area contributed by atoms with Crippen LogP contribution in [0.2, 0.25) is 0 Å². The van der Waals surface area contributed by atoms with Crippen molar-refractivity contribution < 1.29 is 9.53 Å². The molecule has 4 heteroatoms. The summed E-state index contributed by atoms with van der Waals surface area (Å²) in [6.07, 6.45) is 6.98. The zero-order chi connectivity index (χ0) is 14.9. The average molecular weight is 288 g/mol. The molecule has 21 heavy (non-hydrogen) atoms. The summed E-state index contributed by atoms with van der Waals surface area (Å²) in [5, 5.41) is 2.92. The molecule has 1 aliphatic rings. The standard InChI is InChI=1S/C17H24N2O2/c1-21-16-8-3-2-7-15(16)9-10-17(20)18-11-6-14-19-12-4-5-13-19/h2-3,7-10H,4-6,11-14H2,1H3,(H,18,20)/b10-9+. The minimum atomic E-state index is -0.0534. The van der Waals surface area contributed by atoms with E-state index in [1.807, 2.05) is 24.3 Å². The lowest BCUT2D eigenvalue weighted by molar-refractivity contribution is -0.116. The average Bonchev–Trinajstić information content (AvgIpc) is 3.03. The highest BCUT2D eigenvalue weighted by molar-refractivity contribution is 5.92. The molecule has 0 aliphatic carbocycles. The molecule has 1 aliphatic heterocycles. The van der Waals surface area contributed by atoms with Gasteiger partial charge < -0.3 is 15.0 Å². The summed E-state index contributed by atoms with van der Waals surface area (Å²) < 4.78 is 5.24. The van der Waals surface area contributed by atoms with Crippen molar-refractivity contribution in [3.8, 4) is 5.75 Å². The van der Waals surface area contributed by atoms with Crippen LogP contribution in [0.15, 0.2) is 30.3 Å². The topological polar surface area (TPSA) is 41.6 Å². The van der Waals surface area contributed by atoms with Crippen LogP contribution in [-0.2, 0) is 4.79 Å². The Balaban J connectivity index is 1.69. The number of methoxy groups -OCH3 is 1. The lowest BCUT2D eigenvalue weighted by atomic mass is 10.2. The van der Waals surface area contributed by atoms with Gasteiger partial charge in [0.05, 0.1) is 7.11 Å². The number of hydrogen-bond donors (Lipinski definition) is 1. The van der Waals surface area contributed by atoms with Crippen LogP contribution in [0.5, 0.6) is 5.75 Å². The highest BCUT2D eigenvalue weighted by Gasteiger charge is 2.10. The summed E-state index contributed by atoms with van der Waals surface area (Å²) in [6, 6.07) is 7.65. The van der Waals surface area contributed by atoms with Gasteiger partial charge in [0, 0.05) is 18.2 Å². The van der Waals surface area contributed by atoms with Crippen molar-refractivity contribution in [2.24, 2.45) is 0 Å². The fraction of sp³-hybridized carbons (Fsp3) is 0.471. The largest absolute Gasteiger partial charge is 0.496 e. The number of amides is 1. The molecule has 2 rings (SSSR count). The highest BCUT2D eigenvalue weighted by atomic mass is 16.5. The van der Waals surface area contributed by atoms with Crippen LogP contribution in [0.4, 0.5) is 0 Å². The number of carbonyl (C=O) groups is 1. The van der Waals surface area contributed by atoms with Gasteiger partial charge in [-0.1, -0.05) is 18.2 Å². The fourth-order valence-corrected chi connectivity index (χ4v) is 2.55. The van der Waals surface area contributed by atoms with E-state index in [4.69, 9.17) is 4.74 Å². The van der Waals surface area contributed by atoms with E-state index in [1.54, 1.807) is 19.3 Å². The number of carbonyl (C=O) groups excluding carboxylic acids is 1. The van der Waals surface area contributed by atoms with Crippen molar-refractivity contribution in [3.05, 3.63) is 35.9 Å². The van der Waals surface area contributed by atoms with E-state index in [1.165, 1.54) is 25.9 Å². The van der Waals surface area contributed by atoms with Crippen LogP contribution in [-0.4, -0.2) is 44.1 Å². The van der Waals surface area contributed by atoms with Gasteiger partial charge in [-0.15, -0.1) is 0 Å². The Hall–Kier alpha value is -1.81. The van der Waals surface area contributed by atoms with Crippen molar-refractivity contribution in [1.29, 1.82) is 0 Å². The number of nitrogens with zero attached hydrogens (tertiary/aromatic N) is 1. The third-order valence-corrected chi connectivity index (χ3v) is 3.70. The first kappa shape index (κ1) is 15.6. The molecule has 1 fully saturated rings. The van der Waals surface area contributed by atoms with E-state index in [2.05, 4.69) is 10.2 Å². The van der Waals surface area contributed by atoms with Gasteiger partial charge in [-0.2, -0.15) is 0 Å². The second-order valence-electron chi connectivity index (χ2n) is 5.27. The zero-order valence-corrected chi connectivity index (χ0v) is 12.7. The molecule has 1 saturated heterocycles. The molecule has 0 aromatic heterocycles. The molecular weight excluding hydrogens is 264 g/mol.